The second-order valence-corrected chi connectivity index (χ2v) is 8.36. The van der Waals surface area contributed by atoms with Gasteiger partial charge in [0.25, 0.3) is 0 Å². The zero-order chi connectivity index (χ0) is 24.0. The average Bonchev–Trinajstić information content (AvgIpc) is 3.15. The van der Waals surface area contributed by atoms with E-state index >= 15 is 0 Å². The van der Waals surface area contributed by atoms with Gasteiger partial charge in [-0.25, -0.2) is 4.79 Å². The van der Waals surface area contributed by atoms with E-state index in [1.54, 1.807) is 43.0 Å². The molecule has 1 aromatic rings. The predicted molar refractivity (Wildman–Crippen MR) is 136 cm³/mol. The van der Waals surface area contributed by atoms with Crippen LogP contribution in [0.4, 0.5) is 10.5 Å². The number of rotatable bonds is 9. The monoisotopic (exact) mass is 588 g/mol. The van der Waals surface area contributed by atoms with Crippen LogP contribution in [0.3, 0.4) is 0 Å². The quantitative estimate of drug-likeness (QED) is 0.148. The molecule has 0 radical (unpaired) electrons. The smallest absolute Gasteiger partial charge is 0.414 e. The van der Waals surface area contributed by atoms with Gasteiger partial charge >= 0.3 is 18.0 Å². The SMILES string of the molecule is CCOC(=O)CC1(C(=O)OCC)CCN(CC2CN(c3ccc(C(=N)N)cc3)C(=O)O2)CC1.I. The summed E-state index contributed by atoms with van der Waals surface area (Å²) < 4.78 is 15.9. The molecule has 0 aromatic heterocycles. The van der Waals surface area contributed by atoms with E-state index in [1.165, 1.54) is 0 Å². The molecule has 2 heterocycles. The van der Waals surface area contributed by atoms with Crippen molar-refractivity contribution in [1.29, 1.82) is 5.41 Å². The molecular weight excluding hydrogens is 555 g/mol. The van der Waals surface area contributed by atoms with E-state index < -0.39 is 17.5 Å². The van der Waals surface area contributed by atoms with Crippen molar-refractivity contribution in [1.82, 2.24) is 4.90 Å². The van der Waals surface area contributed by atoms with Gasteiger partial charge < -0.3 is 19.9 Å². The maximum atomic E-state index is 12.7. The summed E-state index contributed by atoms with van der Waals surface area (Å²) >= 11 is 0. The fourth-order valence-corrected chi connectivity index (χ4v) is 4.33. The third kappa shape index (κ3) is 6.59. The van der Waals surface area contributed by atoms with Gasteiger partial charge in [-0.15, -0.1) is 24.0 Å². The number of carbonyl (C=O) groups is 3. The fourth-order valence-electron chi connectivity index (χ4n) is 4.33. The first-order valence-corrected chi connectivity index (χ1v) is 11.3. The second-order valence-electron chi connectivity index (χ2n) is 8.36. The van der Waals surface area contributed by atoms with Crippen LogP contribution in [-0.4, -0.2) is 74.3 Å². The predicted octanol–water partition coefficient (Wildman–Crippen LogP) is 2.51. The Labute approximate surface area is 216 Å². The van der Waals surface area contributed by atoms with Crippen LogP contribution in [-0.2, 0) is 23.8 Å². The minimum absolute atomic E-state index is 0. The molecule has 2 saturated heterocycles. The van der Waals surface area contributed by atoms with Gasteiger partial charge in [-0.05, 0) is 64.0 Å². The number of hydrogen-bond acceptors (Lipinski definition) is 8. The van der Waals surface area contributed by atoms with Crippen LogP contribution in [0.2, 0.25) is 0 Å². The van der Waals surface area contributed by atoms with Crippen LogP contribution in [0.25, 0.3) is 0 Å². The first kappa shape index (κ1) is 27.8. The van der Waals surface area contributed by atoms with Gasteiger partial charge in [0.2, 0.25) is 0 Å². The number of nitrogens with zero attached hydrogens (tertiary/aromatic N) is 2. The van der Waals surface area contributed by atoms with Crippen molar-refractivity contribution in [2.24, 2.45) is 11.1 Å². The maximum Gasteiger partial charge on any atom is 0.414 e. The topological polar surface area (TPSA) is 135 Å². The number of amidine groups is 1. The molecule has 2 fully saturated rings. The number of hydrogen-bond donors (Lipinski definition) is 2. The molecule has 1 amide bonds. The van der Waals surface area contributed by atoms with Crippen LogP contribution in [0.1, 0.15) is 38.7 Å². The molecule has 0 spiro atoms. The number of esters is 2. The lowest BCUT2D eigenvalue weighted by Crippen LogP contribution is -2.48. The molecule has 3 rings (SSSR count). The van der Waals surface area contributed by atoms with E-state index in [-0.39, 0.29) is 61.5 Å². The highest BCUT2D eigenvalue weighted by molar-refractivity contribution is 14.0. The van der Waals surface area contributed by atoms with Crippen LogP contribution in [0.5, 0.6) is 0 Å². The van der Waals surface area contributed by atoms with E-state index in [4.69, 9.17) is 25.4 Å². The number of nitrogen functional groups attached to an aromatic ring is 1. The Kier molecular flexibility index (Phi) is 10.1. The summed E-state index contributed by atoms with van der Waals surface area (Å²) in [4.78, 5) is 40.9. The Bertz CT molecular complexity index is 886. The molecule has 2 aliphatic rings. The number of cyclic esters (lactones) is 1. The Morgan fingerprint density at radius 3 is 2.32 bits per heavy atom. The summed E-state index contributed by atoms with van der Waals surface area (Å²) in [5, 5.41) is 7.48. The Balaban J connectivity index is 0.00000408. The highest BCUT2D eigenvalue weighted by atomic mass is 127. The fraction of sp³-hybridized carbons (Fsp3) is 0.565. The summed E-state index contributed by atoms with van der Waals surface area (Å²) in [6.45, 7) is 6.12. The van der Waals surface area contributed by atoms with Gasteiger partial charge in [0.1, 0.15) is 11.9 Å². The number of halogens is 1. The number of ether oxygens (including phenoxy) is 3. The van der Waals surface area contributed by atoms with E-state index in [1.807, 2.05) is 0 Å². The van der Waals surface area contributed by atoms with Crippen LogP contribution < -0.4 is 10.6 Å². The normalized spacial score (nSPS) is 19.6. The number of amides is 1. The van der Waals surface area contributed by atoms with Gasteiger partial charge in [0, 0.05) is 17.8 Å². The third-order valence-corrected chi connectivity index (χ3v) is 6.14. The van der Waals surface area contributed by atoms with Gasteiger partial charge in [-0.1, -0.05) is 0 Å². The van der Waals surface area contributed by atoms with E-state index in [2.05, 4.69) is 4.90 Å². The standard InChI is InChI=1S/C23H32N4O6.HI/c1-3-31-19(28)13-23(21(29)32-4-2)9-11-26(12-10-23)14-18-15-27(22(30)33-18)17-7-5-16(6-8-17)20(24)25;/h5-8,18H,3-4,9-15H2,1-2H3,(H3,24,25);1H. The first-order valence-electron chi connectivity index (χ1n) is 11.3. The van der Waals surface area contributed by atoms with Crippen molar-refractivity contribution in [3.8, 4) is 0 Å². The van der Waals surface area contributed by atoms with Crippen LogP contribution in [0, 0.1) is 10.8 Å². The molecule has 0 saturated carbocycles. The van der Waals surface area contributed by atoms with Crippen molar-refractivity contribution in [2.75, 3.05) is 44.3 Å². The molecule has 0 bridgehead atoms. The Morgan fingerprint density at radius 1 is 1.15 bits per heavy atom. The highest BCUT2D eigenvalue weighted by Crippen LogP contribution is 2.37. The Hall–Kier alpha value is -2.41. The summed E-state index contributed by atoms with van der Waals surface area (Å²) in [5.41, 5.74) is 5.87. The number of nitrogens with two attached hydrogens (primary N) is 1. The van der Waals surface area contributed by atoms with Crippen molar-refractivity contribution >= 4 is 53.5 Å². The molecule has 1 unspecified atom stereocenters. The van der Waals surface area contributed by atoms with Crippen LogP contribution in [0.15, 0.2) is 24.3 Å². The first-order chi connectivity index (χ1) is 15.8. The number of benzene rings is 1. The number of nitrogens with one attached hydrogen (secondary N) is 1. The molecule has 0 aliphatic carbocycles. The lowest BCUT2D eigenvalue weighted by Gasteiger charge is -2.39. The lowest BCUT2D eigenvalue weighted by molar-refractivity contribution is -0.165. The molecule has 3 N–H and O–H groups in total. The minimum atomic E-state index is -0.879. The van der Waals surface area contributed by atoms with E-state index in [0.717, 1.165) is 0 Å². The largest absolute Gasteiger partial charge is 0.466 e. The number of piperidine rings is 1. The molecule has 188 valence electrons. The summed E-state index contributed by atoms with van der Waals surface area (Å²) in [7, 11) is 0. The number of likely N-dealkylation sites (tertiary alicyclic amines) is 1. The molecule has 2 aliphatic heterocycles. The van der Waals surface area contributed by atoms with E-state index in [9.17, 15) is 14.4 Å². The van der Waals surface area contributed by atoms with Crippen molar-refractivity contribution in [2.45, 2.75) is 39.2 Å². The van der Waals surface area contributed by atoms with Crippen molar-refractivity contribution < 1.29 is 28.6 Å². The molecule has 1 aromatic carbocycles. The molecular formula is C23H33IN4O6. The summed E-state index contributed by atoms with van der Waals surface area (Å²) in [5.74, 6) is -0.782. The van der Waals surface area contributed by atoms with Gasteiger partial charge in [0.15, 0.2) is 0 Å². The van der Waals surface area contributed by atoms with Crippen molar-refractivity contribution in [3.63, 3.8) is 0 Å². The highest BCUT2D eigenvalue weighted by Gasteiger charge is 2.45. The van der Waals surface area contributed by atoms with Crippen LogP contribution >= 0.6 is 24.0 Å². The molecule has 1 atom stereocenters. The molecule has 11 heteroatoms. The van der Waals surface area contributed by atoms with Gasteiger partial charge in [-0.3, -0.25) is 24.8 Å². The third-order valence-electron chi connectivity index (χ3n) is 6.14. The summed E-state index contributed by atoms with van der Waals surface area (Å²) in [6.07, 6.45) is 0.222. The zero-order valence-electron chi connectivity index (χ0n) is 19.6. The van der Waals surface area contributed by atoms with E-state index in [0.29, 0.717) is 50.3 Å². The number of carbonyl (C=O) groups excluding carboxylic acids is 3. The summed E-state index contributed by atoms with van der Waals surface area (Å²) in [6, 6.07) is 6.87. The second kappa shape index (κ2) is 12.3. The maximum absolute atomic E-state index is 12.7. The lowest BCUT2D eigenvalue weighted by atomic mass is 9.75. The minimum Gasteiger partial charge on any atom is -0.466 e. The van der Waals surface area contributed by atoms with Crippen molar-refractivity contribution in [3.05, 3.63) is 29.8 Å². The van der Waals surface area contributed by atoms with Gasteiger partial charge in [0.05, 0.1) is 31.6 Å². The number of anilines is 1. The average molecular weight is 588 g/mol. The molecule has 10 nitrogen and oxygen atoms in total. The van der Waals surface area contributed by atoms with Gasteiger partial charge in [-0.2, -0.15) is 0 Å². The zero-order valence-corrected chi connectivity index (χ0v) is 21.9. The Morgan fingerprint density at radius 2 is 1.76 bits per heavy atom. The molecule has 34 heavy (non-hydrogen) atoms.